The van der Waals surface area contributed by atoms with Gasteiger partial charge in [0, 0.05) is 26.2 Å². The van der Waals surface area contributed by atoms with E-state index in [1.54, 1.807) is 22.8 Å². The predicted octanol–water partition coefficient (Wildman–Crippen LogP) is 5.10. The van der Waals surface area contributed by atoms with E-state index in [9.17, 15) is 18.4 Å². The van der Waals surface area contributed by atoms with Crippen LogP contribution >= 0.6 is 0 Å². The number of furan rings is 1. The number of halogens is 2. The van der Waals surface area contributed by atoms with Gasteiger partial charge in [0.1, 0.15) is 5.76 Å². The summed E-state index contributed by atoms with van der Waals surface area (Å²) in [6, 6.07) is 15.2. The van der Waals surface area contributed by atoms with Crippen LogP contribution in [0.15, 0.2) is 65.3 Å². The van der Waals surface area contributed by atoms with Gasteiger partial charge in [-0.05, 0) is 55.9 Å². The minimum Gasteiger partial charge on any atom is -0.469 e. The Morgan fingerprint density at radius 3 is 2.38 bits per heavy atom. The van der Waals surface area contributed by atoms with Gasteiger partial charge >= 0.3 is 0 Å². The van der Waals surface area contributed by atoms with Crippen molar-refractivity contribution in [2.75, 3.05) is 20.1 Å². The average molecular weight is 467 g/mol. The summed E-state index contributed by atoms with van der Waals surface area (Å²) < 4.78 is 33.1. The second-order valence-corrected chi connectivity index (χ2v) is 8.79. The summed E-state index contributed by atoms with van der Waals surface area (Å²) in [6.07, 6.45) is 3.50. The number of hydrogen-bond acceptors (Lipinski definition) is 3. The standard InChI is InChI=1S/C27H28F2N2O3/c1-18-21(13-16-34-18)26(32)30(2)24(17-19-7-4-3-5-8-19)20-11-14-31(15-12-20)27(33)22-9-6-10-23(28)25(22)29/h3-10,13,16,20,24H,11-12,14-15,17H2,1-2H3. The maximum atomic E-state index is 14.1. The van der Waals surface area contributed by atoms with Gasteiger partial charge in [0.2, 0.25) is 0 Å². The fourth-order valence-corrected chi connectivity index (χ4v) is 4.75. The smallest absolute Gasteiger partial charge is 0.257 e. The third-order valence-corrected chi connectivity index (χ3v) is 6.75. The van der Waals surface area contributed by atoms with Crippen LogP contribution in [0.1, 0.15) is 44.9 Å². The first-order valence-electron chi connectivity index (χ1n) is 11.4. The Labute approximate surface area is 198 Å². The van der Waals surface area contributed by atoms with Crippen molar-refractivity contribution in [1.82, 2.24) is 9.80 Å². The maximum Gasteiger partial charge on any atom is 0.257 e. The number of carbonyl (C=O) groups is 2. The van der Waals surface area contributed by atoms with E-state index in [4.69, 9.17) is 4.42 Å². The van der Waals surface area contributed by atoms with Crippen LogP contribution in [0.5, 0.6) is 0 Å². The number of rotatable bonds is 6. The highest BCUT2D eigenvalue weighted by Gasteiger charge is 2.34. The summed E-state index contributed by atoms with van der Waals surface area (Å²) >= 11 is 0. The molecule has 3 aromatic rings. The molecule has 1 unspecified atom stereocenters. The first-order valence-corrected chi connectivity index (χ1v) is 11.4. The second-order valence-electron chi connectivity index (χ2n) is 8.79. The summed E-state index contributed by atoms with van der Waals surface area (Å²) in [5, 5.41) is 0. The molecule has 0 N–H and O–H groups in total. The molecule has 0 spiro atoms. The number of hydrogen-bond donors (Lipinski definition) is 0. The van der Waals surface area contributed by atoms with Crippen LogP contribution in [0.25, 0.3) is 0 Å². The van der Waals surface area contributed by atoms with E-state index in [1.165, 1.54) is 18.4 Å². The van der Waals surface area contributed by atoms with Gasteiger partial charge in [-0.1, -0.05) is 36.4 Å². The minimum atomic E-state index is -1.11. The molecular weight excluding hydrogens is 438 g/mol. The third kappa shape index (κ3) is 4.88. The molecule has 34 heavy (non-hydrogen) atoms. The van der Waals surface area contributed by atoms with Crippen molar-refractivity contribution in [3.8, 4) is 0 Å². The van der Waals surface area contributed by atoms with Gasteiger partial charge in [0.15, 0.2) is 11.6 Å². The van der Waals surface area contributed by atoms with Gasteiger partial charge in [-0.3, -0.25) is 9.59 Å². The zero-order chi connectivity index (χ0) is 24.2. The molecule has 1 aliphatic rings. The average Bonchev–Trinajstić information content (AvgIpc) is 3.29. The molecule has 5 nitrogen and oxygen atoms in total. The Balaban J connectivity index is 1.51. The van der Waals surface area contributed by atoms with E-state index < -0.39 is 17.5 Å². The first-order chi connectivity index (χ1) is 16.4. The molecule has 1 saturated heterocycles. The van der Waals surface area contributed by atoms with Gasteiger partial charge in [-0.2, -0.15) is 0 Å². The number of benzene rings is 2. The molecule has 2 heterocycles. The molecule has 2 aromatic carbocycles. The van der Waals surface area contributed by atoms with Crippen molar-refractivity contribution < 1.29 is 22.8 Å². The Kier molecular flexibility index (Phi) is 7.10. The van der Waals surface area contributed by atoms with Crippen LogP contribution in [0.4, 0.5) is 8.78 Å². The molecular formula is C27H28F2N2O3. The highest BCUT2D eigenvalue weighted by atomic mass is 19.2. The van der Waals surface area contributed by atoms with E-state index in [-0.39, 0.29) is 23.4 Å². The lowest BCUT2D eigenvalue weighted by atomic mass is 9.84. The maximum absolute atomic E-state index is 14.1. The van der Waals surface area contributed by atoms with Crippen LogP contribution in [-0.4, -0.2) is 47.8 Å². The number of nitrogens with zero attached hydrogens (tertiary/aromatic N) is 2. The number of piperidine rings is 1. The van der Waals surface area contributed by atoms with Crippen LogP contribution in [0.2, 0.25) is 0 Å². The van der Waals surface area contributed by atoms with Gasteiger partial charge in [-0.15, -0.1) is 0 Å². The van der Waals surface area contributed by atoms with Crippen LogP contribution in [0.3, 0.4) is 0 Å². The van der Waals surface area contributed by atoms with Gasteiger partial charge in [0.05, 0.1) is 17.4 Å². The lowest BCUT2D eigenvalue weighted by molar-refractivity contribution is 0.0518. The second kappa shape index (κ2) is 10.2. The van der Waals surface area contributed by atoms with Crippen molar-refractivity contribution in [3.63, 3.8) is 0 Å². The van der Waals surface area contributed by atoms with Crippen LogP contribution in [0, 0.1) is 24.5 Å². The Morgan fingerprint density at radius 2 is 1.74 bits per heavy atom. The van der Waals surface area contributed by atoms with Gasteiger partial charge in [-0.25, -0.2) is 8.78 Å². The number of amides is 2. The summed E-state index contributed by atoms with van der Waals surface area (Å²) in [4.78, 5) is 29.4. The number of carbonyl (C=O) groups excluding carboxylic acids is 2. The fraction of sp³-hybridized carbons (Fsp3) is 0.333. The largest absolute Gasteiger partial charge is 0.469 e. The fourth-order valence-electron chi connectivity index (χ4n) is 4.75. The summed E-state index contributed by atoms with van der Waals surface area (Å²) in [6.45, 7) is 2.60. The molecule has 1 aromatic heterocycles. The summed E-state index contributed by atoms with van der Waals surface area (Å²) in [7, 11) is 1.81. The monoisotopic (exact) mass is 466 g/mol. The number of likely N-dealkylation sites (N-methyl/N-ethyl adjacent to an activating group) is 1. The van der Waals surface area contributed by atoms with Crippen molar-refractivity contribution in [1.29, 1.82) is 0 Å². The lowest BCUT2D eigenvalue weighted by Gasteiger charge is -2.40. The van der Waals surface area contributed by atoms with Crippen LogP contribution < -0.4 is 0 Å². The molecule has 2 amide bonds. The predicted molar refractivity (Wildman–Crippen MR) is 124 cm³/mol. The summed E-state index contributed by atoms with van der Waals surface area (Å²) in [5.74, 6) is -2.03. The lowest BCUT2D eigenvalue weighted by Crippen LogP contribution is -2.48. The molecule has 0 bridgehead atoms. The van der Waals surface area contributed by atoms with E-state index in [0.717, 1.165) is 11.6 Å². The molecule has 4 rings (SSSR count). The SMILES string of the molecule is Cc1occc1C(=O)N(C)C(Cc1ccccc1)C1CCN(C(=O)c2cccc(F)c2F)CC1. The number of likely N-dealkylation sites (tertiary alicyclic amines) is 1. The first kappa shape index (κ1) is 23.7. The van der Waals surface area contributed by atoms with E-state index in [1.807, 2.05) is 37.4 Å². The third-order valence-electron chi connectivity index (χ3n) is 6.75. The van der Waals surface area contributed by atoms with Gasteiger partial charge < -0.3 is 14.2 Å². The molecule has 1 fully saturated rings. The molecule has 7 heteroatoms. The number of aryl methyl sites for hydroxylation is 1. The topological polar surface area (TPSA) is 53.8 Å². The summed E-state index contributed by atoms with van der Waals surface area (Å²) in [5.41, 5.74) is 1.41. The highest BCUT2D eigenvalue weighted by Crippen LogP contribution is 2.29. The van der Waals surface area contributed by atoms with Gasteiger partial charge in [0.25, 0.3) is 11.8 Å². The Bertz CT molecular complexity index is 1150. The van der Waals surface area contributed by atoms with Crippen molar-refractivity contribution in [2.45, 2.75) is 32.2 Å². The Morgan fingerprint density at radius 1 is 1.03 bits per heavy atom. The molecule has 0 radical (unpaired) electrons. The molecule has 0 aliphatic carbocycles. The molecule has 178 valence electrons. The van der Waals surface area contributed by atoms with Crippen molar-refractivity contribution in [2.24, 2.45) is 5.92 Å². The molecule has 1 atom stereocenters. The van der Waals surface area contributed by atoms with E-state index in [2.05, 4.69) is 0 Å². The normalized spacial score (nSPS) is 15.2. The zero-order valence-electron chi connectivity index (χ0n) is 19.3. The van der Waals surface area contributed by atoms with E-state index in [0.29, 0.717) is 43.7 Å². The van der Waals surface area contributed by atoms with E-state index >= 15 is 0 Å². The molecule has 1 aliphatic heterocycles. The minimum absolute atomic E-state index is 0.0904. The Hall–Kier alpha value is -3.48. The van der Waals surface area contributed by atoms with Crippen LogP contribution in [-0.2, 0) is 6.42 Å². The molecule has 0 saturated carbocycles. The quantitative estimate of drug-likeness (QED) is 0.508. The van der Waals surface area contributed by atoms with Crippen molar-refractivity contribution in [3.05, 3.63) is 94.9 Å². The van der Waals surface area contributed by atoms with Crippen molar-refractivity contribution >= 4 is 11.8 Å². The zero-order valence-corrected chi connectivity index (χ0v) is 19.3. The highest BCUT2D eigenvalue weighted by molar-refractivity contribution is 5.95.